The molecule has 0 aliphatic rings. The predicted octanol–water partition coefficient (Wildman–Crippen LogP) is 3.88. The average molecular weight is 240 g/mol. The van der Waals surface area contributed by atoms with Crippen LogP contribution in [0.4, 0.5) is 0 Å². The summed E-state index contributed by atoms with van der Waals surface area (Å²) in [5.41, 5.74) is 3.49. The molecule has 18 heavy (non-hydrogen) atoms. The zero-order valence-electron chi connectivity index (χ0n) is 11.2. The molecule has 1 heterocycles. The van der Waals surface area contributed by atoms with Crippen LogP contribution in [0.3, 0.4) is 0 Å². The minimum absolute atomic E-state index is 1.03. The molecule has 0 atom stereocenters. The molecule has 1 aromatic heterocycles. The van der Waals surface area contributed by atoms with Crippen molar-refractivity contribution in [3.8, 4) is 11.3 Å². The van der Waals surface area contributed by atoms with Crippen molar-refractivity contribution in [1.29, 1.82) is 0 Å². The van der Waals surface area contributed by atoms with E-state index in [9.17, 15) is 0 Å². The standard InChI is InChI=1S/C11H9N.C5H11N/c1-2-6-10(7-3-1)11-8-4-5-9-12-11;1-5(2)4-6-3/h1-9H;4,6H,1-3H3. The molecule has 0 spiro atoms. The smallest absolute Gasteiger partial charge is 0.0701 e. The van der Waals surface area contributed by atoms with Gasteiger partial charge in [0.1, 0.15) is 0 Å². The summed E-state index contributed by atoms with van der Waals surface area (Å²) in [5, 5.41) is 2.91. The fraction of sp³-hybridized carbons (Fsp3) is 0.188. The van der Waals surface area contributed by atoms with Gasteiger partial charge in [0.15, 0.2) is 0 Å². The van der Waals surface area contributed by atoms with E-state index >= 15 is 0 Å². The Morgan fingerprint density at radius 3 is 2.11 bits per heavy atom. The van der Waals surface area contributed by atoms with Crippen molar-refractivity contribution in [2.45, 2.75) is 13.8 Å². The van der Waals surface area contributed by atoms with Crippen LogP contribution < -0.4 is 5.32 Å². The first-order valence-electron chi connectivity index (χ1n) is 6.01. The van der Waals surface area contributed by atoms with Crippen molar-refractivity contribution >= 4 is 0 Å². The normalized spacial score (nSPS) is 8.83. The molecule has 2 aromatic rings. The highest BCUT2D eigenvalue weighted by Gasteiger charge is 1.93. The lowest BCUT2D eigenvalue weighted by molar-refractivity contribution is 1.07. The molecule has 0 radical (unpaired) electrons. The highest BCUT2D eigenvalue weighted by Crippen LogP contribution is 2.14. The fourth-order valence-electron chi connectivity index (χ4n) is 1.43. The van der Waals surface area contributed by atoms with Crippen LogP contribution in [0.1, 0.15) is 13.8 Å². The van der Waals surface area contributed by atoms with Crippen LogP contribution in [0.15, 0.2) is 66.5 Å². The van der Waals surface area contributed by atoms with Gasteiger partial charge in [-0.2, -0.15) is 0 Å². The minimum Gasteiger partial charge on any atom is -0.394 e. The molecule has 2 rings (SSSR count). The molecule has 0 fully saturated rings. The van der Waals surface area contributed by atoms with Crippen LogP contribution in [0.25, 0.3) is 11.3 Å². The first kappa shape index (κ1) is 14.0. The molecule has 0 bridgehead atoms. The SMILES string of the molecule is CNC=C(C)C.c1ccc(-c2ccccn2)cc1. The van der Waals surface area contributed by atoms with Crippen LogP contribution in [0.5, 0.6) is 0 Å². The number of rotatable bonds is 2. The lowest BCUT2D eigenvalue weighted by Crippen LogP contribution is -1.91. The van der Waals surface area contributed by atoms with E-state index in [1.165, 1.54) is 5.57 Å². The Morgan fingerprint density at radius 1 is 1.00 bits per heavy atom. The van der Waals surface area contributed by atoms with Crippen molar-refractivity contribution in [2.75, 3.05) is 7.05 Å². The number of nitrogens with zero attached hydrogens (tertiary/aromatic N) is 1. The maximum Gasteiger partial charge on any atom is 0.0701 e. The van der Waals surface area contributed by atoms with Gasteiger partial charge in [0, 0.05) is 18.8 Å². The molecule has 1 N–H and O–H groups in total. The van der Waals surface area contributed by atoms with Crippen molar-refractivity contribution in [1.82, 2.24) is 10.3 Å². The lowest BCUT2D eigenvalue weighted by atomic mass is 10.1. The molecular weight excluding hydrogens is 220 g/mol. The van der Waals surface area contributed by atoms with Gasteiger partial charge in [-0.1, -0.05) is 42.0 Å². The van der Waals surface area contributed by atoms with E-state index in [0.29, 0.717) is 0 Å². The number of nitrogens with one attached hydrogen (secondary N) is 1. The van der Waals surface area contributed by atoms with Crippen molar-refractivity contribution in [3.63, 3.8) is 0 Å². The number of hydrogen-bond acceptors (Lipinski definition) is 2. The monoisotopic (exact) mass is 240 g/mol. The van der Waals surface area contributed by atoms with Crippen LogP contribution in [0, 0.1) is 0 Å². The zero-order valence-corrected chi connectivity index (χ0v) is 11.2. The lowest BCUT2D eigenvalue weighted by Gasteiger charge is -1.97. The van der Waals surface area contributed by atoms with Gasteiger partial charge in [0.25, 0.3) is 0 Å². The summed E-state index contributed by atoms with van der Waals surface area (Å²) in [7, 11) is 1.90. The van der Waals surface area contributed by atoms with Crippen LogP contribution in [0.2, 0.25) is 0 Å². The Bertz CT molecular complexity index is 419. The van der Waals surface area contributed by atoms with Crippen molar-refractivity contribution < 1.29 is 0 Å². The third kappa shape index (κ3) is 5.30. The van der Waals surface area contributed by atoms with Gasteiger partial charge in [-0.05, 0) is 32.2 Å². The third-order valence-corrected chi connectivity index (χ3v) is 2.17. The van der Waals surface area contributed by atoms with E-state index in [0.717, 1.165) is 11.3 Å². The summed E-state index contributed by atoms with van der Waals surface area (Å²) < 4.78 is 0. The number of allylic oxidation sites excluding steroid dienone is 1. The predicted molar refractivity (Wildman–Crippen MR) is 78.2 cm³/mol. The molecular formula is C16H20N2. The maximum absolute atomic E-state index is 4.25. The molecule has 0 amide bonds. The summed E-state index contributed by atoms with van der Waals surface area (Å²) in [5.74, 6) is 0. The summed E-state index contributed by atoms with van der Waals surface area (Å²) in [4.78, 5) is 4.25. The first-order valence-corrected chi connectivity index (χ1v) is 6.01. The van der Waals surface area contributed by atoms with Crippen LogP contribution in [-0.2, 0) is 0 Å². The Morgan fingerprint density at radius 2 is 1.67 bits per heavy atom. The largest absolute Gasteiger partial charge is 0.394 e. The molecule has 0 saturated carbocycles. The highest BCUT2D eigenvalue weighted by molar-refractivity contribution is 5.58. The van der Waals surface area contributed by atoms with E-state index in [4.69, 9.17) is 0 Å². The number of aromatic nitrogens is 1. The second-order valence-electron chi connectivity index (χ2n) is 4.09. The first-order chi connectivity index (χ1) is 8.74. The maximum atomic E-state index is 4.25. The number of pyridine rings is 1. The molecule has 94 valence electrons. The van der Waals surface area contributed by atoms with Gasteiger partial charge in [-0.25, -0.2) is 0 Å². The van der Waals surface area contributed by atoms with Gasteiger partial charge < -0.3 is 5.32 Å². The highest BCUT2D eigenvalue weighted by atomic mass is 14.8. The average Bonchev–Trinajstić information content (AvgIpc) is 2.41. The Hall–Kier alpha value is -2.09. The molecule has 2 heteroatoms. The second kappa shape index (κ2) is 8.07. The van der Waals surface area contributed by atoms with Crippen molar-refractivity contribution in [3.05, 3.63) is 66.5 Å². The zero-order chi connectivity index (χ0) is 13.2. The molecule has 1 aromatic carbocycles. The second-order valence-corrected chi connectivity index (χ2v) is 4.09. The number of hydrogen-bond donors (Lipinski definition) is 1. The summed E-state index contributed by atoms with van der Waals surface area (Å²) >= 11 is 0. The van der Waals surface area contributed by atoms with Gasteiger partial charge in [-0.15, -0.1) is 0 Å². The van der Waals surface area contributed by atoms with Crippen LogP contribution in [-0.4, -0.2) is 12.0 Å². The minimum atomic E-state index is 1.03. The van der Waals surface area contributed by atoms with Crippen molar-refractivity contribution in [2.24, 2.45) is 0 Å². The summed E-state index contributed by atoms with van der Waals surface area (Å²) in [6, 6.07) is 16.1. The molecule has 0 unspecified atom stereocenters. The Balaban J connectivity index is 0.000000232. The molecule has 2 nitrogen and oxygen atoms in total. The van der Waals surface area contributed by atoms with Crippen LogP contribution >= 0.6 is 0 Å². The van der Waals surface area contributed by atoms with E-state index in [1.807, 2.05) is 55.8 Å². The van der Waals surface area contributed by atoms with Gasteiger partial charge >= 0.3 is 0 Å². The Labute approximate surface area is 109 Å². The quantitative estimate of drug-likeness (QED) is 0.861. The Kier molecular flexibility index (Phi) is 6.26. The molecule has 0 aliphatic heterocycles. The molecule has 0 saturated heterocycles. The van der Waals surface area contributed by atoms with E-state index in [-0.39, 0.29) is 0 Å². The summed E-state index contributed by atoms with van der Waals surface area (Å²) in [6.45, 7) is 4.10. The van der Waals surface area contributed by atoms with Gasteiger partial charge in [0.2, 0.25) is 0 Å². The molecule has 0 aliphatic carbocycles. The van der Waals surface area contributed by atoms with E-state index in [1.54, 1.807) is 0 Å². The topological polar surface area (TPSA) is 24.9 Å². The van der Waals surface area contributed by atoms with Gasteiger partial charge in [-0.3, -0.25) is 4.98 Å². The summed E-state index contributed by atoms with van der Waals surface area (Å²) in [6.07, 6.45) is 3.77. The third-order valence-electron chi connectivity index (χ3n) is 2.17. The number of benzene rings is 1. The fourth-order valence-corrected chi connectivity index (χ4v) is 1.43. The van der Waals surface area contributed by atoms with Gasteiger partial charge in [0.05, 0.1) is 5.69 Å². The van der Waals surface area contributed by atoms with E-state index in [2.05, 4.69) is 36.3 Å². The van der Waals surface area contributed by atoms with E-state index < -0.39 is 0 Å².